The van der Waals surface area contributed by atoms with Crippen LogP contribution < -0.4 is 17.2 Å². The van der Waals surface area contributed by atoms with Gasteiger partial charge in [0.15, 0.2) is 7.28 Å². The van der Waals surface area contributed by atoms with Crippen LogP contribution >= 0.6 is 0 Å². The molecule has 0 saturated heterocycles. The van der Waals surface area contributed by atoms with Gasteiger partial charge in [-0.3, -0.25) is 4.99 Å². The minimum atomic E-state index is 0.595. The molecule has 14 heavy (non-hydrogen) atoms. The Labute approximate surface area is 85.5 Å². The standard InChI is InChI=1S/C9H16BN4/c1-7(12)3-4-14-8(6-11)5-9(13)10-2/h3-6H,11-13H2,1-2H3/b7-3?,8-6+,9-5-,14-4?. The Morgan fingerprint density at radius 2 is 2.00 bits per heavy atom. The van der Waals surface area contributed by atoms with Crippen LogP contribution in [0.5, 0.6) is 0 Å². The molecule has 6 N–H and O–H groups in total. The zero-order valence-corrected chi connectivity index (χ0v) is 8.57. The molecule has 0 spiro atoms. The van der Waals surface area contributed by atoms with Gasteiger partial charge in [-0.2, -0.15) is 0 Å². The van der Waals surface area contributed by atoms with Gasteiger partial charge in [-0.1, -0.05) is 6.82 Å². The van der Waals surface area contributed by atoms with Gasteiger partial charge < -0.3 is 17.2 Å². The van der Waals surface area contributed by atoms with Crippen molar-refractivity contribution in [3.05, 3.63) is 35.3 Å². The van der Waals surface area contributed by atoms with Crippen molar-refractivity contribution in [2.24, 2.45) is 22.2 Å². The largest absolute Gasteiger partial charge is 0.410 e. The van der Waals surface area contributed by atoms with Crippen LogP contribution in [0.2, 0.25) is 6.82 Å². The Balaban J connectivity index is 4.48. The van der Waals surface area contributed by atoms with Gasteiger partial charge >= 0.3 is 0 Å². The van der Waals surface area contributed by atoms with Crippen LogP contribution in [0.15, 0.2) is 40.3 Å². The molecule has 0 rings (SSSR count). The van der Waals surface area contributed by atoms with Gasteiger partial charge in [0, 0.05) is 18.1 Å². The maximum absolute atomic E-state index is 5.58. The third-order valence-electron chi connectivity index (χ3n) is 1.38. The molecular formula is C9H16BN4. The predicted octanol–water partition coefficient (Wildman–Crippen LogP) is 0.272. The van der Waals surface area contributed by atoms with Crippen LogP contribution in [-0.2, 0) is 0 Å². The minimum Gasteiger partial charge on any atom is -0.410 e. The number of aliphatic imine (C=N–C) groups is 1. The lowest BCUT2D eigenvalue weighted by molar-refractivity contribution is 1.31. The van der Waals surface area contributed by atoms with E-state index in [0.717, 1.165) is 0 Å². The summed E-state index contributed by atoms with van der Waals surface area (Å²) in [6, 6.07) is 0. The van der Waals surface area contributed by atoms with Crippen molar-refractivity contribution in [3.8, 4) is 0 Å². The highest BCUT2D eigenvalue weighted by Gasteiger charge is 1.89. The molecule has 0 aromatic carbocycles. The van der Waals surface area contributed by atoms with Gasteiger partial charge in [0.2, 0.25) is 0 Å². The molecule has 1 radical (unpaired) electrons. The first kappa shape index (κ1) is 12.4. The normalized spacial score (nSPS) is 14.9. The van der Waals surface area contributed by atoms with Crippen LogP contribution in [0.3, 0.4) is 0 Å². The Bertz CT molecular complexity index is 285. The molecule has 0 aliphatic heterocycles. The quantitative estimate of drug-likeness (QED) is 0.338. The summed E-state index contributed by atoms with van der Waals surface area (Å²) in [5, 5.41) is 0. The fraction of sp³-hybridized carbons (Fsp3) is 0.222. The molecular weight excluding hydrogens is 175 g/mol. The number of hydrogen-bond acceptors (Lipinski definition) is 4. The van der Waals surface area contributed by atoms with Crippen molar-refractivity contribution >= 4 is 13.5 Å². The molecule has 4 nitrogen and oxygen atoms in total. The second-order valence-corrected chi connectivity index (χ2v) is 2.71. The molecule has 0 heterocycles. The summed E-state index contributed by atoms with van der Waals surface area (Å²) in [7, 11) is 1.77. The number of allylic oxidation sites excluding steroid dienone is 3. The first-order valence-corrected chi connectivity index (χ1v) is 4.25. The summed E-state index contributed by atoms with van der Waals surface area (Å²) in [4.78, 5) is 4.05. The highest BCUT2D eigenvalue weighted by atomic mass is 14.7. The number of rotatable bonds is 4. The highest BCUT2D eigenvalue weighted by Crippen LogP contribution is 1.98. The van der Waals surface area contributed by atoms with E-state index in [0.29, 0.717) is 17.0 Å². The van der Waals surface area contributed by atoms with E-state index in [1.807, 2.05) is 6.82 Å². The van der Waals surface area contributed by atoms with Crippen molar-refractivity contribution in [2.75, 3.05) is 0 Å². The van der Waals surface area contributed by atoms with Gasteiger partial charge in [0.1, 0.15) is 0 Å². The van der Waals surface area contributed by atoms with E-state index in [4.69, 9.17) is 17.2 Å². The van der Waals surface area contributed by atoms with Crippen LogP contribution in [-0.4, -0.2) is 13.5 Å². The van der Waals surface area contributed by atoms with Crippen molar-refractivity contribution in [1.82, 2.24) is 0 Å². The van der Waals surface area contributed by atoms with E-state index in [2.05, 4.69) is 4.99 Å². The van der Waals surface area contributed by atoms with Gasteiger partial charge in [0.05, 0.1) is 5.70 Å². The second-order valence-electron chi connectivity index (χ2n) is 2.71. The maximum Gasteiger partial charge on any atom is 0.170 e. The smallest absolute Gasteiger partial charge is 0.170 e. The van der Waals surface area contributed by atoms with Crippen molar-refractivity contribution in [1.29, 1.82) is 0 Å². The molecule has 0 unspecified atom stereocenters. The third-order valence-corrected chi connectivity index (χ3v) is 1.38. The molecule has 0 saturated carbocycles. The summed E-state index contributed by atoms with van der Waals surface area (Å²) < 4.78 is 0. The van der Waals surface area contributed by atoms with E-state index in [-0.39, 0.29) is 0 Å². The van der Waals surface area contributed by atoms with Crippen molar-refractivity contribution in [2.45, 2.75) is 13.7 Å². The Kier molecular flexibility index (Phi) is 6.02. The average molecular weight is 191 g/mol. The zero-order valence-electron chi connectivity index (χ0n) is 8.57. The topological polar surface area (TPSA) is 90.4 Å². The van der Waals surface area contributed by atoms with Gasteiger partial charge in [-0.05, 0) is 24.7 Å². The van der Waals surface area contributed by atoms with Crippen molar-refractivity contribution < 1.29 is 0 Å². The molecule has 0 aromatic rings. The lowest BCUT2D eigenvalue weighted by atomic mass is 9.78. The average Bonchev–Trinajstić information content (AvgIpc) is 2.15. The summed E-state index contributed by atoms with van der Waals surface area (Å²) >= 11 is 0. The number of nitrogens with zero attached hydrogens (tertiary/aromatic N) is 1. The van der Waals surface area contributed by atoms with E-state index in [1.165, 1.54) is 6.20 Å². The summed E-state index contributed by atoms with van der Waals surface area (Å²) in [5.41, 5.74) is 18.2. The molecule has 0 bridgehead atoms. The van der Waals surface area contributed by atoms with E-state index >= 15 is 0 Å². The fourth-order valence-electron chi connectivity index (χ4n) is 0.623. The Morgan fingerprint density at radius 3 is 2.43 bits per heavy atom. The summed E-state index contributed by atoms with van der Waals surface area (Å²) in [6.45, 7) is 3.62. The lowest BCUT2D eigenvalue weighted by Crippen LogP contribution is -2.03. The van der Waals surface area contributed by atoms with Crippen LogP contribution in [0.1, 0.15) is 6.92 Å². The molecule has 75 valence electrons. The molecule has 0 aromatic heterocycles. The maximum atomic E-state index is 5.58. The van der Waals surface area contributed by atoms with Gasteiger partial charge in [-0.15, -0.1) is 0 Å². The minimum absolute atomic E-state index is 0.595. The number of nitrogens with two attached hydrogens (primary N) is 3. The SMILES string of the molecule is C[B]/C(N)=C/C(=C\N)N=CC=C(C)N. The third kappa shape index (κ3) is 5.94. The van der Waals surface area contributed by atoms with E-state index < -0.39 is 0 Å². The van der Waals surface area contributed by atoms with Crippen LogP contribution in [0, 0.1) is 0 Å². The first-order chi connectivity index (χ1) is 6.60. The molecule has 5 heteroatoms. The monoisotopic (exact) mass is 191 g/mol. The fourth-order valence-corrected chi connectivity index (χ4v) is 0.623. The molecule has 0 aliphatic carbocycles. The van der Waals surface area contributed by atoms with E-state index in [1.54, 1.807) is 32.6 Å². The molecule has 0 fully saturated rings. The molecule has 0 amide bonds. The van der Waals surface area contributed by atoms with Gasteiger partial charge in [0.25, 0.3) is 0 Å². The van der Waals surface area contributed by atoms with Crippen LogP contribution in [0.4, 0.5) is 0 Å². The van der Waals surface area contributed by atoms with Gasteiger partial charge in [-0.25, -0.2) is 0 Å². The Morgan fingerprint density at radius 1 is 1.36 bits per heavy atom. The highest BCUT2D eigenvalue weighted by molar-refractivity contribution is 6.43. The predicted molar refractivity (Wildman–Crippen MR) is 62.6 cm³/mol. The van der Waals surface area contributed by atoms with Crippen LogP contribution in [0.25, 0.3) is 0 Å². The molecule has 0 aliphatic rings. The Hall–Kier alpha value is -1.65. The lowest BCUT2D eigenvalue weighted by Gasteiger charge is -1.95. The second kappa shape index (κ2) is 6.83. The first-order valence-electron chi connectivity index (χ1n) is 4.25. The van der Waals surface area contributed by atoms with E-state index in [9.17, 15) is 0 Å². The van der Waals surface area contributed by atoms with Crippen molar-refractivity contribution in [3.63, 3.8) is 0 Å². The zero-order chi connectivity index (χ0) is 11.0. The summed E-state index contributed by atoms with van der Waals surface area (Å²) in [6.07, 6.45) is 6.32. The summed E-state index contributed by atoms with van der Waals surface area (Å²) in [5.74, 6) is 0. The number of hydrogen-bond donors (Lipinski definition) is 3. The molecule has 0 atom stereocenters.